The van der Waals surface area contributed by atoms with Crippen LogP contribution in [0.3, 0.4) is 0 Å². The summed E-state index contributed by atoms with van der Waals surface area (Å²) in [7, 11) is 1.78. The summed E-state index contributed by atoms with van der Waals surface area (Å²) in [6.07, 6.45) is 5.51. The summed E-state index contributed by atoms with van der Waals surface area (Å²) in [5.41, 5.74) is -0.652. The van der Waals surface area contributed by atoms with E-state index in [-0.39, 0.29) is 5.97 Å². The molecule has 0 saturated heterocycles. The highest BCUT2D eigenvalue weighted by atomic mass is 16.5. The van der Waals surface area contributed by atoms with Crippen molar-refractivity contribution < 1.29 is 14.3 Å². The Kier molecular flexibility index (Phi) is 10.8. The number of hydrogen-bond acceptors (Lipinski definition) is 4. The lowest BCUT2D eigenvalue weighted by atomic mass is 9.98. The molecule has 0 spiro atoms. The quantitative estimate of drug-likeness (QED) is 0.442. The van der Waals surface area contributed by atoms with Crippen molar-refractivity contribution in [1.82, 2.24) is 5.32 Å². The van der Waals surface area contributed by atoms with Crippen molar-refractivity contribution in [2.45, 2.75) is 65.3 Å². The standard InChI is InChI=1S/C16H33NO3/c1-6-9-10-14(7-2)13-19-12-11-16(4,17-5)15(18)20-8-3/h14,17H,6-13H2,1-5H3. The van der Waals surface area contributed by atoms with Gasteiger partial charge in [-0.1, -0.05) is 33.1 Å². The van der Waals surface area contributed by atoms with E-state index in [1.54, 1.807) is 7.05 Å². The molecule has 0 saturated carbocycles. The van der Waals surface area contributed by atoms with Crippen molar-refractivity contribution in [3.63, 3.8) is 0 Å². The van der Waals surface area contributed by atoms with Crippen LogP contribution in [0.1, 0.15) is 59.8 Å². The van der Waals surface area contributed by atoms with E-state index in [1.165, 1.54) is 19.3 Å². The summed E-state index contributed by atoms with van der Waals surface area (Å²) in [6, 6.07) is 0. The van der Waals surface area contributed by atoms with Crippen molar-refractivity contribution in [3.05, 3.63) is 0 Å². The Hall–Kier alpha value is -0.610. The highest BCUT2D eigenvalue weighted by molar-refractivity contribution is 5.80. The highest BCUT2D eigenvalue weighted by Crippen LogP contribution is 2.15. The minimum atomic E-state index is -0.652. The molecule has 0 fully saturated rings. The second-order valence-corrected chi connectivity index (χ2v) is 5.54. The van der Waals surface area contributed by atoms with Crippen LogP contribution in [-0.4, -0.2) is 38.4 Å². The van der Waals surface area contributed by atoms with Crippen molar-refractivity contribution in [3.8, 4) is 0 Å². The molecule has 120 valence electrons. The molecule has 0 rings (SSSR count). The van der Waals surface area contributed by atoms with Crippen LogP contribution in [0, 0.1) is 5.92 Å². The summed E-state index contributed by atoms with van der Waals surface area (Å²) >= 11 is 0. The summed E-state index contributed by atoms with van der Waals surface area (Å²) < 4.78 is 10.9. The van der Waals surface area contributed by atoms with Crippen molar-refractivity contribution >= 4 is 5.97 Å². The number of ether oxygens (including phenoxy) is 2. The molecular weight excluding hydrogens is 254 g/mol. The van der Waals surface area contributed by atoms with E-state index in [1.807, 2.05) is 13.8 Å². The lowest BCUT2D eigenvalue weighted by Crippen LogP contribution is -2.49. The summed E-state index contributed by atoms with van der Waals surface area (Å²) in [5, 5.41) is 3.04. The first-order chi connectivity index (χ1) is 9.53. The molecule has 0 amide bonds. The van der Waals surface area contributed by atoms with Crippen molar-refractivity contribution in [2.24, 2.45) is 5.92 Å². The molecular formula is C16H33NO3. The van der Waals surface area contributed by atoms with Crippen LogP contribution in [0.25, 0.3) is 0 Å². The molecule has 20 heavy (non-hydrogen) atoms. The lowest BCUT2D eigenvalue weighted by molar-refractivity contribution is -0.151. The maximum absolute atomic E-state index is 11.9. The third kappa shape index (κ3) is 7.25. The van der Waals surface area contributed by atoms with E-state index >= 15 is 0 Å². The molecule has 2 unspecified atom stereocenters. The van der Waals surface area contributed by atoms with Gasteiger partial charge in [-0.25, -0.2) is 0 Å². The van der Waals surface area contributed by atoms with Crippen molar-refractivity contribution in [2.75, 3.05) is 26.9 Å². The Balaban J connectivity index is 4.03. The second kappa shape index (κ2) is 11.1. The zero-order valence-electron chi connectivity index (χ0n) is 14.0. The fourth-order valence-corrected chi connectivity index (χ4v) is 2.04. The number of hydrogen-bond donors (Lipinski definition) is 1. The van der Waals surface area contributed by atoms with Gasteiger partial charge in [-0.05, 0) is 39.7 Å². The lowest BCUT2D eigenvalue weighted by Gasteiger charge is -2.27. The number of likely N-dealkylation sites (N-methyl/N-ethyl adjacent to an activating group) is 1. The normalized spacial score (nSPS) is 15.7. The summed E-state index contributed by atoms with van der Waals surface area (Å²) in [5.74, 6) is 0.433. The van der Waals surface area contributed by atoms with Crippen LogP contribution in [0.5, 0.6) is 0 Å². The first kappa shape index (κ1) is 19.4. The third-order valence-electron chi connectivity index (χ3n) is 3.92. The molecule has 0 heterocycles. The van der Waals surface area contributed by atoms with Crippen LogP contribution in [0.2, 0.25) is 0 Å². The first-order valence-electron chi connectivity index (χ1n) is 7.97. The third-order valence-corrected chi connectivity index (χ3v) is 3.92. The van der Waals surface area contributed by atoms with Gasteiger partial charge in [-0.15, -0.1) is 0 Å². The monoisotopic (exact) mass is 287 g/mol. The number of carbonyl (C=O) groups excluding carboxylic acids is 1. The average Bonchev–Trinajstić information content (AvgIpc) is 2.46. The van der Waals surface area contributed by atoms with Gasteiger partial charge in [0.25, 0.3) is 0 Å². The Morgan fingerprint density at radius 3 is 2.50 bits per heavy atom. The Labute approximate surface area is 124 Å². The molecule has 0 aliphatic rings. The van der Waals surface area contributed by atoms with Gasteiger partial charge in [0, 0.05) is 13.2 Å². The SMILES string of the molecule is CCCCC(CC)COCCC(C)(NC)C(=O)OCC. The number of rotatable bonds is 12. The van der Waals surface area contributed by atoms with Gasteiger partial charge < -0.3 is 14.8 Å². The first-order valence-corrected chi connectivity index (χ1v) is 7.97. The molecule has 0 aromatic rings. The Morgan fingerprint density at radius 1 is 1.30 bits per heavy atom. The fourth-order valence-electron chi connectivity index (χ4n) is 2.04. The fraction of sp³-hybridized carbons (Fsp3) is 0.938. The van der Waals surface area contributed by atoms with Gasteiger partial charge in [0.05, 0.1) is 6.61 Å². The van der Waals surface area contributed by atoms with E-state index in [0.717, 1.165) is 13.0 Å². The largest absolute Gasteiger partial charge is 0.465 e. The molecule has 0 aromatic carbocycles. The molecule has 0 bridgehead atoms. The van der Waals surface area contributed by atoms with Crippen LogP contribution in [0.15, 0.2) is 0 Å². The van der Waals surface area contributed by atoms with Gasteiger partial charge in [-0.3, -0.25) is 4.79 Å². The molecule has 0 aliphatic heterocycles. The van der Waals surface area contributed by atoms with E-state index in [0.29, 0.717) is 25.6 Å². The van der Waals surface area contributed by atoms with E-state index < -0.39 is 5.54 Å². The van der Waals surface area contributed by atoms with Crippen LogP contribution >= 0.6 is 0 Å². The number of esters is 1. The maximum Gasteiger partial charge on any atom is 0.326 e. The smallest absolute Gasteiger partial charge is 0.326 e. The number of unbranched alkanes of at least 4 members (excludes halogenated alkanes) is 1. The van der Waals surface area contributed by atoms with Gasteiger partial charge in [-0.2, -0.15) is 0 Å². The van der Waals surface area contributed by atoms with E-state index in [2.05, 4.69) is 19.2 Å². The zero-order chi connectivity index (χ0) is 15.4. The van der Waals surface area contributed by atoms with Crippen LogP contribution < -0.4 is 5.32 Å². The van der Waals surface area contributed by atoms with E-state index in [9.17, 15) is 4.79 Å². The Morgan fingerprint density at radius 2 is 2.00 bits per heavy atom. The maximum atomic E-state index is 11.9. The summed E-state index contributed by atoms with van der Waals surface area (Å²) in [4.78, 5) is 11.9. The van der Waals surface area contributed by atoms with Crippen molar-refractivity contribution in [1.29, 1.82) is 0 Å². The molecule has 4 nitrogen and oxygen atoms in total. The molecule has 0 aliphatic carbocycles. The minimum Gasteiger partial charge on any atom is -0.465 e. The second-order valence-electron chi connectivity index (χ2n) is 5.54. The zero-order valence-corrected chi connectivity index (χ0v) is 14.0. The van der Waals surface area contributed by atoms with Gasteiger partial charge in [0.1, 0.15) is 5.54 Å². The Bertz CT molecular complexity index is 258. The van der Waals surface area contributed by atoms with Crippen LogP contribution in [-0.2, 0) is 14.3 Å². The molecule has 0 radical (unpaired) electrons. The molecule has 4 heteroatoms. The minimum absolute atomic E-state index is 0.205. The van der Waals surface area contributed by atoms with Gasteiger partial charge >= 0.3 is 5.97 Å². The predicted octanol–water partition coefficient (Wildman–Crippen LogP) is 3.15. The van der Waals surface area contributed by atoms with Gasteiger partial charge in [0.15, 0.2) is 0 Å². The highest BCUT2D eigenvalue weighted by Gasteiger charge is 2.32. The summed E-state index contributed by atoms with van der Waals surface area (Å²) in [6.45, 7) is 9.89. The van der Waals surface area contributed by atoms with E-state index in [4.69, 9.17) is 9.47 Å². The van der Waals surface area contributed by atoms with Crippen LogP contribution in [0.4, 0.5) is 0 Å². The predicted molar refractivity (Wildman–Crippen MR) is 82.8 cm³/mol. The average molecular weight is 287 g/mol. The number of nitrogens with one attached hydrogen (secondary N) is 1. The molecule has 1 N–H and O–H groups in total. The topological polar surface area (TPSA) is 47.6 Å². The molecule has 2 atom stereocenters. The number of carbonyl (C=O) groups is 1. The van der Waals surface area contributed by atoms with Gasteiger partial charge in [0.2, 0.25) is 0 Å². The molecule has 0 aromatic heterocycles.